The van der Waals surface area contributed by atoms with Gasteiger partial charge in [-0.15, -0.1) is 11.3 Å². The highest BCUT2D eigenvalue weighted by Crippen LogP contribution is 2.21. The van der Waals surface area contributed by atoms with Crippen LogP contribution in [-0.2, 0) is 0 Å². The zero-order valence-corrected chi connectivity index (χ0v) is 11.2. The maximum Gasteiger partial charge on any atom is 0.341 e. The molecule has 0 atom stereocenters. The van der Waals surface area contributed by atoms with E-state index in [0.29, 0.717) is 16.5 Å². The molecule has 100 valence electrons. The quantitative estimate of drug-likeness (QED) is 0.777. The monoisotopic (exact) mass is 287 g/mol. The molecule has 0 radical (unpaired) electrons. The van der Waals surface area contributed by atoms with Crippen molar-refractivity contribution in [1.82, 2.24) is 14.5 Å². The molecule has 0 fully saturated rings. The van der Waals surface area contributed by atoms with Crippen molar-refractivity contribution in [3.8, 4) is 5.13 Å². The molecule has 1 N–H and O–H groups in total. The number of thiazole rings is 1. The summed E-state index contributed by atoms with van der Waals surface area (Å²) >= 11 is 1.35. The maximum atomic E-state index is 12.3. The first kappa shape index (κ1) is 12.5. The van der Waals surface area contributed by atoms with Crippen LogP contribution in [0.1, 0.15) is 16.1 Å². The fourth-order valence-electron chi connectivity index (χ4n) is 2.13. The van der Waals surface area contributed by atoms with Crippen molar-refractivity contribution in [2.45, 2.75) is 6.92 Å². The van der Waals surface area contributed by atoms with E-state index in [4.69, 9.17) is 0 Å². The van der Waals surface area contributed by atoms with Crippen molar-refractivity contribution >= 4 is 28.3 Å². The first-order valence-corrected chi connectivity index (χ1v) is 6.62. The van der Waals surface area contributed by atoms with Crippen molar-refractivity contribution < 1.29 is 9.90 Å². The van der Waals surface area contributed by atoms with E-state index < -0.39 is 11.4 Å². The van der Waals surface area contributed by atoms with E-state index >= 15 is 0 Å². The normalized spacial score (nSPS) is 10.8. The van der Waals surface area contributed by atoms with Crippen LogP contribution in [0, 0.1) is 6.92 Å². The molecule has 0 unspecified atom stereocenters. The van der Waals surface area contributed by atoms with E-state index in [1.807, 2.05) is 0 Å². The average molecular weight is 287 g/mol. The SMILES string of the molecule is Cc1c(C(=O)O)c(=O)c2cccnc2n1-c1nccs1. The number of pyridine rings is 2. The molecular weight excluding hydrogens is 278 g/mol. The van der Waals surface area contributed by atoms with E-state index in [1.165, 1.54) is 11.3 Å². The molecule has 3 aromatic heterocycles. The lowest BCUT2D eigenvalue weighted by molar-refractivity contribution is 0.0694. The summed E-state index contributed by atoms with van der Waals surface area (Å²) in [7, 11) is 0. The first-order chi connectivity index (χ1) is 9.61. The lowest BCUT2D eigenvalue weighted by Crippen LogP contribution is -2.22. The van der Waals surface area contributed by atoms with Crippen molar-refractivity contribution in [3.63, 3.8) is 0 Å². The number of nitrogens with zero attached hydrogens (tertiary/aromatic N) is 3. The predicted molar refractivity (Wildman–Crippen MR) is 74.7 cm³/mol. The van der Waals surface area contributed by atoms with Crippen molar-refractivity contribution in [3.05, 3.63) is 51.4 Å². The molecule has 20 heavy (non-hydrogen) atoms. The van der Waals surface area contributed by atoms with Gasteiger partial charge in [-0.3, -0.25) is 9.36 Å². The molecule has 6 nitrogen and oxygen atoms in total. The Bertz CT molecular complexity index is 868. The Morgan fingerprint density at radius 2 is 2.15 bits per heavy atom. The molecular formula is C13H9N3O3S. The van der Waals surface area contributed by atoms with E-state index in [9.17, 15) is 14.7 Å². The van der Waals surface area contributed by atoms with Crippen LogP contribution in [0.15, 0.2) is 34.7 Å². The topological polar surface area (TPSA) is 85.1 Å². The van der Waals surface area contributed by atoms with Gasteiger partial charge in [-0.1, -0.05) is 0 Å². The van der Waals surface area contributed by atoms with Gasteiger partial charge in [0.2, 0.25) is 5.43 Å². The second-order valence-electron chi connectivity index (χ2n) is 4.12. The number of fused-ring (bicyclic) bond motifs is 1. The molecule has 0 spiro atoms. The summed E-state index contributed by atoms with van der Waals surface area (Å²) in [6.07, 6.45) is 3.18. The van der Waals surface area contributed by atoms with E-state index in [0.717, 1.165) is 0 Å². The van der Waals surface area contributed by atoms with Gasteiger partial charge in [-0.2, -0.15) is 0 Å². The van der Waals surface area contributed by atoms with Crippen molar-refractivity contribution in [2.24, 2.45) is 0 Å². The molecule has 7 heteroatoms. The molecule has 0 aliphatic rings. The van der Waals surface area contributed by atoms with Crippen LogP contribution < -0.4 is 5.43 Å². The Balaban J connectivity index is 2.56. The van der Waals surface area contributed by atoms with Gasteiger partial charge < -0.3 is 5.11 Å². The number of rotatable bonds is 2. The number of aromatic carboxylic acids is 1. The highest BCUT2D eigenvalue weighted by Gasteiger charge is 2.21. The molecule has 0 saturated heterocycles. The van der Waals surface area contributed by atoms with E-state index in [-0.39, 0.29) is 10.9 Å². The lowest BCUT2D eigenvalue weighted by atomic mass is 10.1. The number of aromatic nitrogens is 3. The van der Waals surface area contributed by atoms with Gasteiger partial charge in [0.25, 0.3) is 0 Å². The van der Waals surface area contributed by atoms with Crippen LogP contribution in [0.2, 0.25) is 0 Å². The first-order valence-electron chi connectivity index (χ1n) is 5.74. The molecule has 0 bridgehead atoms. The van der Waals surface area contributed by atoms with Gasteiger partial charge in [0.05, 0.1) is 5.39 Å². The van der Waals surface area contributed by atoms with Gasteiger partial charge >= 0.3 is 5.97 Å². The highest BCUT2D eigenvalue weighted by atomic mass is 32.1. The summed E-state index contributed by atoms with van der Waals surface area (Å²) in [5.74, 6) is -1.25. The largest absolute Gasteiger partial charge is 0.477 e. The molecule has 0 aliphatic carbocycles. The van der Waals surface area contributed by atoms with Crippen LogP contribution in [0.3, 0.4) is 0 Å². The minimum atomic E-state index is -1.25. The minimum absolute atomic E-state index is 0.249. The number of carbonyl (C=O) groups is 1. The van der Waals surface area contributed by atoms with Crippen molar-refractivity contribution in [1.29, 1.82) is 0 Å². The summed E-state index contributed by atoms with van der Waals surface area (Å²) in [6.45, 7) is 1.58. The Morgan fingerprint density at radius 3 is 2.80 bits per heavy atom. The van der Waals surface area contributed by atoms with Gasteiger partial charge in [0.15, 0.2) is 5.13 Å². The highest BCUT2D eigenvalue weighted by molar-refractivity contribution is 7.12. The minimum Gasteiger partial charge on any atom is -0.477 e. The Morgan fingerprint density at radius 1 is 1.35 bits per heavy atom. The fourth-order valence-corrected chi connectivity index (χ4v) is 2.83. The third kappa shape index (κ3) is 1.71. The van der Waals surface area contributed by atoms with Gasteiger partial charge in [-0.25, -0.2) is 14.8 Å². The zero-order valence-electron chi connectivity index (χ0n) is 10.4. The van der Waals surface area contributed by atoms with Gasteiger partial charge in [0.1, 0.15) is 11.2 Å². The number of hydrogen-bond acceptors (Lipinski definition) is 5. The Labute approximate surface area is 117 Å². The second-order valence-corrected chi connectivity index (χ2v) is 4.99. The van der Waals surface area contributed by atoms with Crippen LogP contribution in [0.25, 0.3) is 16.2 Å². The average Bonchev–Trinajstić information content (AvgIpc) is 2.92. The molecule has 0 amide bonds. The number of carboxylic acid groups (broad SMARTS) is 1. The predicted octanol–water partition coefficient (Wildman–Crippen LogP) is 1.85. The standard InChI is InChI=1S/C13H9N3O3S/c1-7-9(12(18)19)10(17)8-3-2-4-14-11(8)16(7)13-15-5-6-20-13/h2-6H,1H3,(H,18,19). The van der Waals surface area contributed by atoms with Crippen LogP contribution in [0.5, 0.6) is 0 Å². The summed E-state index contributed by atoms with van der Waals surface area (Å²) in [4.78, 5) is 32.0. The van der Waals surface area contributed by atoms with E-state index in [2.05, 4.69) is 9.97 Å². The third-order valence-corrected chi connectivity index (χ3v) is 3.75. The number of carboxylic acids is 1. The van der Waals surface area contributed by atoms with Crippen LogP contribution >= 0.6 is 11.3 Å². The molecule has 0 aliphatic heterocycles. The van der Waals surface area contributed by atoms with Crippen molar-refractivity contribution in [2.75, 3.05) is 0 Å². The molecule has 3 rings (SSSR count). The zero-order chi connectivity index (χ0) is 14.3. The van der Waals surface area contributed by atoms with Crippen LogP contribution in [-0.4, -0.2) is 25.6 Å². The van der Waals surface area contributed by atoms with Gasteiger partial charge in [0, 0.05) is 23.5 Å². The fraction of sp³-hybridized carbons (Fsp3) is 0.0769. The maximum absolute atomic E-state index is 12.3. The lowest BCUT2D eigenvalue weighted by Gasteiger charge is -2.12. The van der Waals surface area contributed by atoms with Crippen LogP contribution in [0.4, 0.5) is 0 Å². The Kier molecular flexibility index (Phi) is 2.83. The van der Waals surface area contributed by atoms with E-state index in [1.54, 1.807) is 41.4 Å². The smallest absolute Gasteiger partial charge is 0.341 e. The second kappa shape index (κ2) is 4.53. The summed E-state index contributed by atoms with van der Waals surface area (Å²) in [5.41, 5.74) is -0.0368. The summed E-state index contributed by atoms with van der Waals surface area (Å²) in [5, 5.41) is 11.9. The molecule has 3 heterocycles. The Hall–Kier alpha value is -2.54. The summed E-state index contributed by atoms with van der Waals surface area (Å²) < 4.78 is 1.60. The molecule has 0 aromatic carbocycles. The number of hydrogen-bond donors (Lipinski definition) is 1. The third-order valence-electron chi connectivity index (χ3n) is 2.99. The summed E-state index contributed by atoms with van der Waals surface area (Å²) in [6, 6.07) is 3.18. The molecule has 3 aromatic rings. The molecule has 0 saturated carbocycles. The van der Waals surface area contributed by atoms with Gasteiger partial charge in [-0.05, 0) is 19.1 Å².